The van der Waals surface area contributed by atoms with Gasteiger partial charge in [-0.3, -0.25) is 14.4 Å². The number of phenols is 2. The standard InChI is InChI=1S/C46H41N3O2.C15H22O2/c1-45(2,3)30-26-29(42(50)37(27-30)46(4,5)6)28-47-38-23-12-10-19-36(38)44-48-41-33(20-15-24-39(41)49(44)31-16-8-7-9-17-31)35-22-14-21-34-32-18-11-13-25-40(32)51-43(34)35;1-14(2,3)11-7-10(9-16)13(17)12(8-11)15(4,5)6/h7-28,50H,1-6H3;7-9,17H,1-6H3. The highest BCUT2D eigenvalue weighted by Gasteiger charge is 2.27. The molecule has 0 amide bonds. The second-order valence-electron chi connectivity index (χ2n) is 21.9. The lowest BCUT2D eigenvalue weighted by molar-refractivity contribution is 0.112. The number of phenolic OH excluding ortho intramolecular Hbond substituents is 2. The number of para-hydroxylation sites is 5. The van der Waals surface area contributed by atoms with Crippen LogP contribution >= 0.6 is 0 Å². The van der Waals surface area contributed by atoms with Gasteiger partial charge in [0, 0.05) is 56.1 Å². The molecule has 9 aromatic rings. The molecular formula is C61H63N3O4. The molecule has 7 heteroatoms. The van der Waals surface area contributed by atoms with E-state index in [0.717, 1.165) is 95.4 Å². The van der Waals surface area contributed by atoms with Crippen molar-refractivity contribution in [3.63, 3.8) is 0 Å². The van der Waals surface area contributed by atoms with Gasteiger partial charge in [0.15, 0.2) is 6.29 Å². The fraction of sp³-hybridized carbons (Fsp3) is 0.262. The number of aromatic nitrogens is 2. The van der Waals surface area contributed by atoms with Gasteiger partial charge in [0.05, 0.1) is 22.3 Å². The molecule has 0 spiro atoms. The summed E-state index contributed by atoms with van der Waals surface area (Å²) in [5.41, 5.74) is 12.6. The maximum atomic E-state index is 11.5. The number of aliphatic imine (C=N–C) groups is 1. The minimum atomic E-state index is -0.239. The summed E-state index contributed by atoms with van der Waals surface area (Å²) in [5.74, 6) is 1.15. The molecule has 2 heterocycles. The van der Waals surface area contributed by atoms with Crippen molar-refractivity contribution in [2.24, 2.45) is 4.99 Å². The van der Waals surface area contributed by atoms with Crippen LogP contribution in [0.1, 0.15) is 121 Å². The molecule has 2 N–H and O–H groups in total. The highest BCUT2D eigenvalue weighted by Crippen LogP contribution is 2.43. The van der Waals surface area contributed by atoms with Crippen LogP contribution in [0.25, 0.3) is 61.2 Å². The van der Waals surface area contributed by atoms with Gasteiger partial charge in [0.25, 0.3) is 0 Å². The lowest BCUT2D eigenvalue weighted by atomic mass is 9.79. The third kappa shape index (κ3) is 9.22. The number of hydrogen-bond donors (Lipinski definition) is 2. The molecule has 0 aliphatic rings. The Morgan fingerprint density at radius 2 is 1.07 bits per heavy atom. The van der Waals surface area contributed by atoms with Crippen LogP contribution < -0.4 is 0 Å². The lowest BCUT2D eigenvalue weighted by Crippen LogP contribution is -2.17. The van der Waals surface area contributed by atoms with Gasteiger partial charge in [-0.05, 0) is 81.3 Å². The molecule has 0 aliphatic heterocycles. The Hall–Kier alpha value is -7.25. The lowest BCUT2D eigenvalue weighted by Gasteiger charge is -2.27. The molecule has 7 aromatic carbocycles. The van der Waals surface area contributed by atoms with Gasteiger partial charge in [-0.1, -0.05) is 174 Å². The van der Waals surface area contributed by atoms with E-state index in [1.807, 2.05) is 81.4 Å². The molecule has 68 heavy (non-hydrogen) atoms. The molecule has 0 saturated carbocycles. The number of aldehydes is 1. The number of hydrogen-bond acceptors (Lipinski definition) is 6. The third-order valence-corrected chi connectivity index (χ3v) is 12.6. The molecule has 0 radical (unpaired) electrons. The Morgan fingerprint density at radius 3 is 1.71 bits per heavy atom. The third-order valence-electron chi connectivity index (χ3n) is 12.6. The maximum Gasteiger partial charge on any atom is 0.153 e. The number of carbonyl (C=O) groups is 1. The normalized spacial score (nSPS) is 12.5. The van der Waals surface area contributed by atoms with E-state index in [-0.39, 0.29) is 33.2 Å². The zero-order valence-electron chi connectivity index (χ0n) is 41.5. The summed E-state index contributed by atoms with van der Waals surface area (Å²) in [7, 11) is 0. The van der Waals surface area contributed by atoms with Crippen molar-refractivity contribution >= 4 is 51.2 Å². The van der Waals surface area contributed by atoms with Crippen molar-refractivity contribution in [1.29, 1.82) is 0 Å². The molecule has 346 valence electrons. The van der Waals surface area contributed by atoms with E-state index in [4.69, 9.17) is 14.4 Å². The fourth-order valence-electron chi connectivity index (χ4n) is 8.72. The van der Waals surface area contributed by atoms with E-state index >= 15 is 0 Å². The maximum absolute atomic E-state index is 11.5. The van der Waals surface area contributed by atoms with E-state index in [1.54, 1.807) is 12.3 Å². The van der Waals surface area contributed by atoms with Crippen molar-refractivity contribution in [2.75, 3.05) is 0 Å². The molecule has 0 bridgehead atoms. The highest BCUT2D eigenvalue weighted by molar-refractivity contribution is 6.12. The molecule has 0 atom stereocenters. The monoisotopic (exact) mass is 901 g/mol. The first-order valence-electron chi connectivity index (χ1n) is 23.4. The van der Waals surface area contributed by atoms with Gasteiger partial charge in [-0.2, -0.15) is 0 Å². The predicted molar refractivity (Wildman–Crippen MR) is 283 cm³/mol. The second kappa shape index (κ2) is 17.8. The minimum Gasteiger partial charge on any atom is -0.507 e. The Kier molecular flexibility index (Phi) is 12.3. The number of benzene rings is 7. The van der Waals surface area contributed by atoms with Gasteiger partial charge in [0.1, 0.15) is 28.5 Å². The molecular weight excluding hydrogens is 839 g/mol. The van der Waals surface area contributed by atoms with Crippen molar-refractivity contribution in [1.82, 2.24) is 9.55 Å². The zero-order chi connectivity index (χ0) is 48.9. The smallest absolute Gasteiger partial charge is 0.153 e. The number of imidazole rings is 1. The van der Waals surface area contributed by atoms with E-state index in [0.29, 0.717) is 11.1 Å². The molecule has 0 unspecified atom stereocenters. The first kappa shape index (κ1) is 47.3. The summed E-state index contributed by atoms with van der Waals surface area (Å²) in [6.45, 7) is 25.3. The van der Waals surface area contributed by atoms with Crippen molar-refractivity contribution in [3.8, 4) is 39.7 Å². The number of furan rings is 1. The first-order chi connectivity index (χ1) is 32.1. The molecule has 0 aliphatic carbocycles. The predicted octanol–water partition coefficient (Wildman–Crippen LogP) is 16.1. The summed E-state index contributed by atoms with van der Waals surface area (Å²) in [6, 6.07) is 47.2. The number of rotatable bonds is 6. The SMILES string of the molecule is CC(C)(C)c1cc(C=Nc2ccccc2-c2nc3c(-c4cccc5c4oc4ccccc45)cccc3n2-c2ccccc2)c(O)c(C(C)(C)C)c1.CC(C)(C)c1cc(C=O)c(O)c(C(C)(C)C)c1. The van der Waals surface area contributed by atoms with E-state index in [1.165, 1.54) is 0 Å². The van der Waals surface area contributed by atoms with Gasteiger partial charge in [0.2, 0.25) is 0 Å². The summed E-state index contributed by atoms with van der Waals surface area (Å²) < 4.78 is 8.69. The fourth-order valence-corrected chi connectivity index (χ4v) is 8.72. The molecule has 0 saturated heterocycles. The molecule has 2 aromatic heterocycles. The van der Waals surface area contributed by atoms with E-state index < -0.39 is 0 Å². The zero-order valence-corrected chi connectivity index (χ0v) is 41.5. The Balaban J connectivity index is 0.000000312. The Labute approximate surface area is 400 Å². The number of nitrogens with zero attached hydrogens (tertiary/aromatic N) is 3. The Morgan fingerprint density at radius 1 is 0.544 bits per heavy atom. The topological polar surface area (TPSA) is 101 Å². The molecule has 0 fully saturated rings. The first-order valence-corrected chi connectivity index (χ1v) is 23.4. The van der Waals surface area contributed by atoms with Crippen LogP contribution in [0.4, 0.5) is 5.69 Å². The van der Waals surface area contributed by atoms with Crippen LogP contribution in [0, 0.1) is 0 Å². The highest BCUT2D eigenvalue weighted by atomic mass is 16.3. The average molecular weight is 902 g/mol. The van der Waals surface area contributed by atoms with Crippen LogP contribution in [-0.2, 0) is 21.7 Å². The van der Waals surface area contributed by atoms with Crippen LogP contribution in [0.2, 0.25) is 0 Å². The van der Waals surface area contributed by atoms with Gasteiger partial charge in [-0.25, -0.2) is 4.98 Å². The summed E-state index contributed by atoms with van der Waals surface area (Å²) in [4.78, 5) is 21.5. The van der Waals surface area contributed by atoms with Crippen LogP contribution in [0.5, 0.6) is 11.5 Å². The van der Waals surface area contributed by atoms with Crippen molar-refractivity contribution in [2.45, 2.75) is 105 Å². The van der Waals surface area contributed by atoms with E-state index in [9.17, 15) is 15.0 Å². The number of aromatic hydroxyl groups is 2. The Bertz CT molecular complexity index is 3360. The van der Waals surface area contributed by atoms with Gasteiger partial charge < -0.3 is 14.6 Å². The largest absolute Gasteiger partial charge is 0.507 e. The summed E-state index contributed by atoms with van der Waals surface area (Å²) in [6.07, 6.45) is 2.52. The average Bonchev–Trinajstić information content (AvgIpc) is 3.87. The second-order valence-corrected chi connectivity index (χ2v) is 21.9. The van der Waals surface area contributed by atoms with Crippen LogP contribution in [0.3, 0.4) is 0 Å². The molecule has 9 rings (SSSR count). The minimum absolute atomic E-state index is 0.0362. The van der Waals surface area contributed by atoms with Crippen molar-refractivity contribution in [3.05, 3.63) is 173 Å². The number of fused-ring (bicyclic) bond motifs is 4. The summed E-state index contributed by atoms with van der Waals surface area (Å²) >= 11 is 0. The van der Waals surface area contributed by atoms with Gasteiger partial charge in [-0.15, -0.1) is 0 Å². The van der Waals surface area contributed by atoms with Crippen LogP contribution in [0.15, 0.2) is 149 Å². The quantitative estimate of drug-likeness (QED) is 0.128. The summed E-state index contributed by atoms with van der Waals surface area (Å²) in [5, 5.41) is 23.8. The molecule has 7 nitrogen and oxygen atoms in total. The van der Waals surface area contributed by atoms with E-state index in [2.05, 4.69) is 140 Å². The van der Waals surface area contributed by atoms with Gasteiger partial charge >= 0.3 is 0 Å². The van der Waals surface area contributed by atoms with Crippen LogP contribution in [-0.4, -0.2) is 32.3 Å². The van der Waals surface area contributed by atoms with Crippen molar-refractivity contribution < 1.29 is 19.4 Å². The number of carbonyl (C=O) groups excluding carboxylic acids is 1.